The summed E-state index contributed by atoms with van der Waals surface area (Å²) in [6.45, 7) is 8.53. The van der Waals surface area contributed by atoms with Crippen molar-refractivity contribution in [2.75, 3.05) is 7.11 Å². The molecule has 0 saturated heterocycles. The fourth-order valence-corrected chi connectivity index (χ4v) is 1.68. The van der Waals surface area contributed by atoms with E-state index in [0.29, 0.717) is 0 Å². The predicted octanol–water partition coefficient (Wildman–Crippen LogP) is 5.13. The molecule has 0 atom stereocenters. The molecule has 0 N–H and O–H groups in total. The van der Waals surface area contributed by atoms with Gasteiger partial charge in [0.2, 0.25) is 0 Å². The van der Waals surface area contributed by atoms with Crippen LogP contribution in [0.3, 0.4) is 0 Å². The number of esters is 1. The van der Waals surface area contributed by atoms with Crippen LogP contribution in [0, 0.1) is 0 Å². The van der Waals surface area contributed by atoms with Crippen molar-refractivity contribution in [1.29, 1.82) is 0 Å². The second kappa shape index (κ2) is 11.3. The summed E-state index contributed by atoms with van der Waals surface area (Å²) in [7, 11) is 1.38. The highest BCUT2D eigenvalue weighted by atomic mass is 16.5. The SMILES string of the molecule is COC(=O)/C=C/C=C(\C)CC/C=C(\C)CCC=C(C)C. The Hall–Kier alpha value is -1.57. The van der Waals surface area contributed by atoms with E-state index in [1.165, 1.54) is 29.9 Å². The third-order valence-electron chi connectivity index (χ3n) is 2.94. The molecule has 0 aliphatic heterocycles. The number of allylic oxidation sites excluding steroid dienone is 7. The molecular formula is C18H28O2. The minimum atomic E-state index is -0.316. The lowest BCUT2D eigenvalue weighted by Gasteiger charge is -2.00. The molecule has 0 aromatic heterocycles. The molecule has 0 rings (SSSR count). The van der Waals surface area contributed by atoms with Gasteiger partial charge >= 0.3 is 5.97 Å². The van der Waals surface area contributed by atoms with Gasteiger partial charge in [0, 0.05) is 6.08 Å². The number of methoxy groups -OCH3 is 1. The Labute approximate surface area is 123 Å². The lowest BCUT2D eigenvalue weighted by molar-refractivity contribution is -0.134. The van der Waals surface area contributed by atoms with Crippen molar-refractivity contribution < 1.29 is 9.53 Å². The summed E-state index contributed by atoms with van der Waals surface area (Å²) >= 11 is 0. The Bertz CT molecular complexity index is 405. The zero-order chi connectivity index (χ0) is 15.4. The maximum Gasteiger partial charge on any atom is 0.330 e. The second-order valence-corrected chi connectivity index (χ2v) is 5.30. The molecule has 0 spiro atoms. The highest BCUT2D eigenvalue weighted by Gasteiger charge is 1.92. The Kier molecular flexibility index (Phi) is 10.4. The zero-order valence-electron chi connectivity index (χ0n) is 13.5. The van der Waals surface area contributed by atoms with Crippen LogP contribution in [-0.4, -0.2) is 13.1 Å². The van der Waals surface area contributed by atoms with Crippen LogP contribution < -0.4 is 0 Å². The quantitative estimate of drug-likeness (QED) is 0.266. The smallest absolute Gasteiger partial charge is 0.330 e. The third-order valence-corrected chi connectivity index (χ3v) is 2.94. The average molecular weight is 276 g/mol. The number of carbonyl (C=O) groups excluding carboxylic acids is 1. The van der Waals surface area contributed by atoms with Gasteiger partial charge in [-0.15, -0.1) is 0 Å². The molecule has 0 unspecified atom stereocenters. The second-order valence-electron chi connectivity index (χ2n) is 5.30. The summed E-state index contributed by atoms with van der Waals surface area (Å²) in [5, 5.41) is 0. The molecule has 0 fully saturated rings. The summed E-state index contributed by atoms with van der Waals surface area (Å²) in [6, 6.07) is 0. The molecule has 0 saturated carbocycles. The molecular weight excluding hydrogens is 248 g/mol. The van der Waals surface area contributed by atoms with Gasteiger partial charge in [-0.2, -0.15) is 0 Å². The lowest BCUT2D eigenvalue weighted by atomic mass is 10.1. The van der Waals surface area contributed by atoms with Gasteiger partial charge in [0.15, 0.2) is 0 Å². The summed E-state index contributed by atoms with van der Waals surface area (Å²) < 4.78 is 4.53. The van der Waals surface area contributed by atoms with Gasteiger partial charge in [-0.3, -0.25) is 0 Å². The van der Waals surface area contributed by atoms with Crippen molar-refractivity contribution in [3.8, 4) is 0 Å². The molecule has 2 heteroatoms. The number of carbonyl (C=O) groups is 1. The van der Waals surface area contributed by atoms with Gasteiger partial charge in [0.25, 0.3) is 0 Å². The Morgan fingerprint density at radius 1 is 0.950 bits per heavy atom. The third kappa shape index (κ3) is 11.5. The maximum absolute atomic E-state index is 10.9. The van der Waals surface area contributed by atoms with E-state index in [9.17, 15) is 4.79 Å². The Balaban J connectivity index is 4.02. The Morgan fingerprint density at radius 3 is 2.15 bits per heavy atom. The van der Waals surface area contributed by atoms with Crippen LogP contribution in [0.5, 0.6) is 0 Å². The van der Waals surface area contributed by atoms with Crippen LogP contribution >= 0.6 is 0 Å². The fraction of sp³-hybridized carbons (Fsp3) is 0.500. The predicted molar refractivity (Wildman–Crippen MR) is 86.6 cm³/mol. The number of hydrogen-bond acceptors (Lipinski definition) is 2. The van der Waals surface area contributed by atoms with E-state index in [4.69, 9.17) is 0 Å². The van der Waals surface area contributed by atoms with Crippen LogP contribution in [0.25, 0.3) is 0 Å². The van der Waals surface area contributed by atoms with Crippen molar-refractivity contribution in [3.63, 3.8) is 0 Å². The summed E-state index contributed by atoms with van der Waals surface area (Å²) in [6.07, 6.45) is 14.1. The number of hydrogen-bond donors (Lipinski definition) is 0. The van der Waals surface area contributed by atoms with Gasteiger partial charge in [0.05, 0.1) is 7.11 Å². The molecule has 0 aliphatic carbocycles. The summed E-state index contributed by atoms with van der Waals surface area (Å²) in [5.74, 6) is -0.316. The normalized spacial score (nSPS) is 12.7. The fourth-order valence-electron chi connectivity index (χ4n) is 1.68. The van der Waals surface area contributed by atoms with Gasteiger partial charge in [-0.1, -0.05) is 41.0 Å². The zero-order valence-corrected chi connectivity index (χ0v) is 13.5. The van der Waals surface area contributed by atoms with Crippen molar-refractivity contribution in [2.45, 2.75) is 53.4 Å². The van der Waals surface area contributed by atoms with Crippen LogP contribution in [0.15, 0.2) is 47.1 Å². The summed E-state index contributed by atoms with van der Waals surface area (Å²) in [4.78, 5) is 10.9. The minimum Gasteiger partial charge on any atom is -0.466 e. The van der Waals surface area contributed by atoms with E-state index in [-0.39, 0.29) is 5.97 Å². The first-order chi connectivity index (χ1) is 9.45. The first kappa shape index (κ1) is 18.4. The molecule has 2 nitrogen and oxygen atoms in total. The highest BCUT2D eigenvalue weighted by molar-refractivity contribution is 5.82. The van der Waals surface area contributed by atoms with Gasteiger partial charge in [-0.25, -0.2) is 4.79 Å². The van der Waals surface area contributed by atoms with Crippen LogP contribution in [0.2, 0.25) is 0 Å². The van der Waals surface area contributed by atoms with Gasteiger partial charge in [0.1, 0.15) is 0 Å². The minimum absolute atomic E-state index is 0.316. The molecule has 0 aromatic carbocycles. The van der Waals surface area contributed by atoms with Crippen molar-refractivity contribution in [1.82, 2.24) is 0 Å². The Morgan fingerprint density at radius 2 is 1.55 bits per heavy atom. The van der Waals surface area contributed by atoms with E-state index in [1.54, 1.807) is 6.08 Å². The highest BCUT2D eigenvalue weighted by Crippen LogP contribution is 2.11. The maximum atomic E-state index is 10.9. The molecule has 20 heavy (non-hydrogen) atoms. The molecule has 0 aromatic rings. The van der Waals surface area contributed by atoms with E-state index < -0.39 is 0 Å². The topological polar surface area (TPSA) is 26.3 Å². The van der Waals surface area contributed by atoms with Crippen molar-refractivity contribution in [3.05, 3.63) is 47.1 Å². The van der Waals surface area contributed by atoms with E-state index in [2.05, 4.69) is 44.6 Å². The molecule has 0 amide bonds. The van der Waals surface area contributed by atoms with E-state index in [0.717, 1.165) is 25.7 Å². The lowest BCUT2D eigenvalue weighted by Crippen LogP contribution is -1.92. The largest absolute Gasteiger partial charge is 0.466 e. The standard InChI is InChI=1S/C18H28O2/c1-15(2)9-6-10-16(3)11-7-12-17(4)13-8-14-18(19)20-5/h8-9,11,13-14H,6-7,10,12H2,1-5H3/b14-8+,16-11+,17-13+. The first-order valence-corrected chi connectivity index (χ1v) is 7.16. The molecule has 0 aliphatic rings. The van der Waals surface area contributed by atoms with E-state index in [1.807, 2.05) is 6.08 Å². The van der Waals surface area contributed by atoms with Crippen molar-refractivity contribution >= 4 is 5.97 Å². The molecule has 0 radical (unpaired) electrons. The first-order valence-electron chi connectivity index (χ1n) is 7.16. The van der Waals surface area contributed by atoms with Gasteiger partial charge < -0.3 is 4.74 Å². The number of rotatable bonds is 8. The van der Waals surface area contributed by atoms with Crippen LogP contribution in [0.1, 0.15) is 53.4 Å². The average Bonchev–Trinajstić information content (AvgIpc) is 2.38. The molecule has 112 valence electrons. The van der Waals surface area contributed by atoms with Gasteiger partial charge in [-0.05, 0) is 53.4 Å². The molecule has 0 heterocycles. The molecule has 0 bridgehead atoms. The van der Waals surface area contributed by atoms with Crippen molar-refractivity contribution in [2.24, 2.45) is 0 Å². The monoisotopic (exact) mass is 276 g/mol. The van der Waals surface area contributed by atoms with E-state index >= 15 is 0 Å². The number of ether oxygens (including phenoxy) is 1. The van der Waals surface area contributed by atoms with Crippen LogP contribution in [-0.2, 0) is 9.53 Å². The summed E-state index contributed by atoms with van der Waals surface area (Å²) in [5.41, 5.74) is 4.09. The van der Waals surface area contributed by atoms with Crippen LogP contribution in [0.4, 0.5) is 0 Å².